The molecule has 0 fully saturated rings. The first-order valence-corrected chi connectivity index (χ1v) is 10.9. The number of anilines is 2. The molecule has 0 unspecified atom stereocenters. The minimum absolute atomic E-state index is 0.0129. The summed E-state index contributed by atoms with van der Waals surface area (Å²) in [5.41, 5.74) is 1.97. The van der Waals surface area contributed by atoms with Gasteiger partial charge in [-0.3, -0.25) is 9.10 Å². The van der Waals surface area contributed by atoms with Crippen molar-refractivity contribution in [3.63, 3.8) is 0 Å². The van der Waals surface area contributed by atoms with Crippen LogP contribution in [0.15, 0.2) is 71.6 Å². The van der Waals surface area contributed by atoms with E-state index in [0.717, 1.165) is 5.56 Å². The van der Waals surface area contributed by atoms with Crippen molar-refractivity contribution in [3.8, 4) is 5.75 Å². The van der Waals surface area contributed by atoms with Crippen LogP contribution in [-0.4, -0.2) is 28.5 Å². The third-order valence-electron chi connectivity index (χ3n) is 4.62. The first kappa shape index (κ1) is 21.7. The lowest BCUT2D eigenvalue weighted by atomic mass is 10.2. The molecule has 3 rings (SSSR count). The van der Waals surface area contributed by atoms with Gasteiger partial charge in [0, 0.05) is 17.6 Å². The van der Waals surface area contributed by atoms with Crippen molar-refractivity contribution in [2.75, 3.05) is 23.8 Å². The highest BCUT2D eigenvalue weighted by Crippen LogP contribution is 2.29. The lowest BCUT2D eigenvalue weighted by Crippen LogP contribution is -2.27. The van der Waals surface area contributed by atoms with Crippen LogP contribution >= 0.6 is 11.6 Å². The minimum atomic E-state index is -3.86. The van der Waals surface area contributed by atoms with E-state index in [1.165, 1.54) is 36.7 Å². The van der Waals surface area contributed by atoms with E-state index in [-0.39, 0.29) is 10.5 Å². The van der Waals surface area contributed by atoms with Crippen LogP contribution in [0.25, 0.3) is 0 Å². The fourth-order valence-electron chi connectivity index (χ4n) is 2.97. The molecule has 0 saturated carbocycles. The molecule has 0 saturated heterocycles. The Morgan fingerprint density at radius 1 is 1.03 bits per heavy atom. The summed E-state index contributed by atoms with van der Waals surface area (Å²) < 4.78 is 32.7. The standard InChI is InChI=1S/C22H21ClN2O4S/c1-15-7-4-5-10-20(15)25(2)30(27,28)18-9-6-8-16(13-18)22(26)24-19-14-17(23)11-12-21(19)29-3/h4-14H,1-3H3,(H,24,26). The summed E-state index contributed by atoms with van der Waals surface area (Å²) in [5.74, 6) is -0.0398. The Hall–Kier alpha value is -3.03. The molecule has 3 aromatic rings. The Morgan fingerprint density at radius 2 is 1.77 bits per heavy atom. The third kappa shape index (κ3) is 4.42. The predicted octanol–water partition coefficient (Wildman–Crippen LogP) is 4.73. The number of carbonyl (C=O) groups is 1. The van der Waals surface area contributed by atoms with Gasteiger partial charge in [-0.2, -0.15) is 0 Å². The maximum Gasteiger partial charge on any atom is 0.264 e. The van der Waals surface area contributed by atoms with Gasteiger partial charge in [-0.25, -0.2) is 8.42 Å². The zero-order chi connectivity index (χ0) is 21.9. The third-order valence-corrected chi connectivity index (χ3v) is 6.62. The highest BCUT2D eigenvalue weighted by molar-refractivity contribution is 7.92. The van der Waals surface area contributed by atoms with E-state index in [4.69, 9.17) is 16.3 Å². The lowest BCUT2D eigenvalue weighted by Gasteiger charge is -2.21. The molecule has 0 aliphatic rings. The van der Waals surface area contributed by atoms with E-state index >= 15 is 0 Å². The fourth-order valence-corrected chi connectivity index (χ4v) is 4.45. The van der Waals surface area contributed by atoms with Gasteiger partial charge in [-0.05, 0) is 55.0 Å². The topological polar surface area (TPSA) is 75.7 Å². The summed E-state index contributed by atoms with van der Waals surface area (Å²) in [4.78, 5) is 12.8. The quantitative estimate of drug-likeness (QED) is 0.596. The number of ether oxygens (including phenoxy) is 1. The van der Waals surface area contributed by atoms with Crippen LogP contribution in [0, 0.1) is 6.92 Å². The number of para-hydroxylation sites is 1. The second-order valence-corrected chi connectivity index (χ2v) is 8.99. The Labute approximate surface area is 181 Å². The number of nitrogens with zero attached hydrogens (tertiary/aromatic N) is 1. The Morgan fingerprint density at radius 3 is 2.47 bits per heavy atom. The van der Waals surface area contributed by atoms with E-state index in [1.807, 2.05) is 19.1 Å². The van der Waals surface area contributed by atoms with Gasteiger partial charge in [0.15, 0.2) is 0 Å². The number of rotatable bonds is 6. The van der Waals surface area contributed by atoms with Crippen molar-refractivity contribution in [2.45, 2.75) is 11.8 Å². The first-order valence-electron chi connectivity index (χ1n) is 9.03. The number of carbonyl (C=O) groups excluding carboxylic acids is 1. The summed E-state index contributed by atoms with van der Waals surface area (Å²) in [5, 5.41) is 3.14. The van der Waals surface area contributed by atoms with Crippen molar-refractivity contribution in [1.29, 1.82) is 0 Å². The van der Waals surface area contributed by atoms with E-state index in [2.05, 4.69) is 5.32 Å². The van der Waals surface area contributed by atoms with Crippen molar-refractivity contribution in [1.82, 2.24) is 0 Å². The molecule has 0 radical (unpaired) electrons. The highest BCUT2D eigenvalue weighted by atomic mass is 35.5. The molecule has 0 heterocycles. The molecule has 0 atom stereocenters. The molecule has 8 heteroatoms. The lowest BCUT2D eigenvalue weighted by molar-refractivity contribution is 0.102. The number of amides is 1. The van der Waals surface area contributed by atoms with E-state index in [1.54, 1.807) is 36.4 Å². The van der Waals surface area contributed by atoms with Gasteiger partial charge >= 0.3 is 0 Å². The number of sulfonamides is 1. The number of hydrogen-bond acceptors (Lipinski definition) is 4. The number of benzene rings is 3. The normalized spacial score (nSPS) is 11.1. The van der Waals surface area contributed by atoms with Gasteiger partial charge in [0.2, 0.25) is 0 Å². The van der Waals surface area contributed by atoms with Crippen molar-refractivity contribution < 1.29 is 17.9 Å². The van der Waals surface area contributed by atoms with Gasteiger partial charge < -0.3 is 10.1 Å². The number of halogens is 1. The van der Waals surface area contributed by atoms with Crippen molar-refractivity contribution in [3.05, 3.63) is 82.9 Å². The molecule has 0 aliphatic carbocycles. The minimum Gasteiger partial charge on any atom is -0.495 e. The number of nitrogens with one attached hydrogen (secondary N) is 1. The van der Waals surface area contributed by atoms with Gasteiger partial charge in [0.1, 0.15) is 5.75 Å². The second-order valence-electron chi connectivity index (χ2n) is 6.59. The zero-order valence-electron chi connectivity index (χ0n) is 16.7. The molecule has 0 aromatic heterocycles. The molecule has 1 amide bonds. The van der Waals surface area contributed by atoms with Gasteiger partial charge in [-0.1, -0.05) is 35.9 Å². The van der Waals surface area contributed by atoms with Crippen LogP contribution in [0.2, 0.25) is 5.02 Å². The molecule has 0 spiro atoms. The summed E-state index contributed by atoms with van der Waals surface area (Å²) in [6.07, 6.45) is 0. The predicted molar refractivity (Wildman–Crippen MR) is 119 cm³/mol. The maximum absolute atomic E-state index is 13.1. The zero-order valence-corrected chi connectivity index (χ0v) is 18.3. The Balaban J connectivity index is 1.91. The molecule has 156 valence electrons. The number of methoxy groups -OCH3 is 1. The van der Waals surface area contributed by atoms with Crippen LogP contribution in [-0.2, 0) is 10.0 Å². The number of hydrogen-bond donors (Lipinski definition) is 1. The summed E-state index contributed by atoms with van der Waals surface area (Å²) in [6, 6.07) is 17.9. The van der Waals surface area contributed by atoms with Gasteiger partial charge in [0.25, 0.3) is 15.9 Å². The summed E-state index contributed by atoms with van der Waals surface area (Å²) in [7, 11) is -0.888. The van der Waals surface area contributed by atoms with E-state index in [0.29, 0.717) is 22.1 Å². The van der Waals surface area contributed by atoms with Crippen LogP contribution < -0.4 is 14.4 Å². The van der Waals surface area contributed by atoms with Crippen LogP contribution in [0.4, 0.5) is 11.4 Å². The summed E-state index contributed by atoms with van der Waals surface area (Å²) in [6.45, 7) is 1.84. The molecule has 1 N–H and O–H groups in total. The molecule has 30 heavy (non-hydrogen) atoms. The second kappa shape index (κ2) is 8.77. The van der Waals surface area contributed by atoms with Crippen LogP contribution in [0.5, 0.6) is 5.75 Å². The number of aryl methyl sites for hydroxylation is 1. The largest absolute Gasteiger partial charge is 0.495 e. The van der Waals surface area contributed by atoms with Crippen molar-refractivity contribution in [2.24, 2.45) is 0 Å². The van der Waals surface area contributed by atoms with Crippen molar-refractivity contribution >= 4 is 38.9 Å². The smallest absolute Gasteiger partial charge is 0.264 e. The SMILES string of the molecule is COc1ccc(Cl)cc1NC(=O)c1cccc(S(=O)(=O)N(C)c2ccccc2C)c1. The Bertz CT molecular complexity index is 1200. The molecular weight excluding hydrogens is 424 g/mol. The summed E-state index contributed by atoms with van der Waals surface area (Å²) >= 11 is 6.00. The molecule has 0 aliphatic heterocycles. The van der Waals surface area contributed by atoms with Gasteiger partial charge in [-0.15, -0.1) is 0 Å². The highest BCUT2D eigenvalue weighted by Gasteiger charge is 2.23. The molecule has 3 aromatic carbocycles. The first-order chi connectivity index (χ1) is 14.2. The van der Waals surface area contributed by atoms with Crippen LogP contribution in [0.3, 0.4) is 0 Å². The monoisotopic (exact) mass is 444 g/mol. The maximum atomic E-state index is 13.1. The van der Waals surface area contributed by atoms with Crippen LogP contribution in [0.1, 0.15) is 15.9 Å². The molecule has 6 nitrogen and oxygen atoms in total. The average molecular weight is 445 g/mol. The average Bonchev–Trinajstić information content (AvgIpc) is 2.74. The molecule has 0 bridgehead atoms. The Kier molecular flexibility index (Phi) is 6.34. The fraction of sp³-hybridized carbons (Fsp3) is 0.136. The van der Waals surface area contributed by atoms with E-state index in [9.17, 15) is 13.2 Å². The molecular formula is C22H21ClN2O4S. The van der Waals surface area contributed by atoms with E-state index < -0.39 is 15.9 Å². The van der Waals surface area contributed by atoms with Gasteiger partial charge in [0.05, 0.1) is 23.4 Å².